The maximum atomic E-state index is 12.4. The minimum atomic E-state index is -0.487. The number of methoxy groups -OCH3 is 1. The molecule has 0 saturated heterocycles. The standard InChI is InChI=1S/C24H18O6/c1-27-19-8-6-18(7-9-19)24(26)30-20-10-4-17(5-11-20)21(25)12-2-16-3-13-22-23(14-16)29-15-28-22/h2-14H,15H2,1H3. The van der Waals surface area contributed by atoms with Gasteiger partial charge in [0.05, 0.1) is 12.7 Å². The smallest absolute Gasteiger partial charge is 0.343 e. The fraction of sp³-hybridized carbons (Fsp3) is 0.0833. The molecule has 1 aliphatic rings. The van der Waals surface area contributed by atoms with Gasteiger partial charge in [-0.05, 0) is 72.3 Å². The fourth-order valence-corrected chi connectivity index (χ4v) is 2.87. The molecule has 6 heteroatoms. The zero-order valence-corrected chi connectivity index (χ0v) is 16.2. The molecule has 0 unspecified atom stereocenters. The lowest BCUT2D eigenvalue weighted by Crippen LogP contribution is -2.08. The van der Waals surface area contributed by atoms with Crippen LogP contribution < -0.4 is 18.9 Å². The van der Waals surface area contributed by atoms with Crippen LogP contribution in [0.5, 0.6) is 23.0 Å². The van der Waals surface area contributed by atoms with Gasteiger partial charge in [-0.2, -0.15) is 0 Å². The quantitative estimate of drug-likeness (QED) is 0.261. The van der Waals surface area contributed by atoms with E-state index in [0.29, 0.717) is 34.1 Å². The molecular weight excluding hydrogens is 384 g/mol. The second kappa shape index (κ2) is 8.53. The predicted octanol–water partition coefficient (Wildman–Crippen LogP) is 4.54. The van der Waals surface area contributed by atoms with Crippen molar-refractivity contribution < 1.29 is 28.5 Å². The lowest BCUT2D eigenvalue weighted by Gasteiger charge is -2.06. The third kappa shape index (κ3) is 4.33. The predicted molar refractivity (Wildman–Crippen MR) is 110 cm³/mol. The third-order valence-corrected chi connectivity index (χ3v) is 4.50. The Labute approximate surface area is 173 Å². The summed E-state index contributed by atoms with van der Waals surface area (Å²) in [5.41, 5.74) is 1.72. The number of allylic oxidation sites excluding steroid dienone is 1. The number of benzene rings is 3. The number of esters is 1. The number of hydrogen-bond donors (Lipinski definition) is 0. The van der Waals surface area contributed by atoms with Crippen molar-refractivity contribution in [2.75, 3.05) is 13.9 Å². The van der Waals surface area contributed by atoms with Crippen LogP contribution in [0, 0.1) is 0 Å². The molecule has 30 heavy (non-hydrogen) atoms. The summed E-state index contributed by atoms with van der Waals surface area (Å²) in [7, 11) is 1.56. The van der Waals surface area contributed by atoms with E-state index in [4.69, 9.17) is 18.9 Å². The van der Waals surface area contributed by atoms with Gasteiger partial charge in [0.1, 0.15) is 11.5 Å². The summed E-state index contributed by atoms with van der Waals surface area (Å²) in [6.07, 6.45) is 3.19. The van der Waals surface area contributed by atoms with Crippen LogP contribution in [0.4, 0.5) is 0 Å². The van der Waals surface area contributed by atoms with Gasteiger partial charge in [-0.25, -0.2) is 4.79 Å². The molecule has 0 saturated carbocycles. The van der Waals surface area contributed by atoms with Crippen molar-refractivity contribution in [2.45, 2.75) is 0 Å². The molecule has 0 amide bonds. The highest BCUT2D eigenvalue weighted by molar-refractivity contribution is 6.07. The van der Waals surface area contributed by atoms with Gasteiger partial charge in [0.15, 0.2) is 17.3 Å². The van der Waals surface area contributed by atoms with Crippen LogP contribution in [0.15, 0.2) is 72.8 Å². The molecule has 0 spiro atoms. The van der Waals surface area contributed by atoms with E-state index in [1.165, 1.54) is 6.08 Å². The van der Waals surface area contributed by atoms with Crippen LogP contribution in [0.1, 0.15) is 26.3 Å². The van der Waals surface area contributed by atoms with E-state index in [0.717, 1.165) is 5.56 Å². The molecule has 0 bridgehead atoms. The summed E-state index contributed by atoms with van der Waals surface area (Å²) in [5.74, 6) is 1.71. The highest BCUT2D eigenvalue weighted by Crippen LogP contribution is 2.32. The SMILES string of the molecule is COc1ccc(C(=O)Oc2ccc(C(=O)C=Cc3ccc4c(c3)OCO4)cc2)cc1. The normalized spacial score (nSPS) is 12.0. The summed E-state index contributed by atoms with van der Waals surface area (Å²) in [5, 5.41) is 0. The van der Waals surface area contributed by atoms with E-state index in [-0.39, 0.29) is 12.6 Å². The molecule has 6 nitrogen and oxygen atoms in total. The van der Waals surface area contributed by atoms with Crippen molar-refractivity contribution in [3.8, 4) is 23.0 Å². The first-order chi connectivity index (χ1) is 14.6. The van der Waals surface area contributed by atoms with E-state index in [1.54, 1.807) is 67.8 Å². The summed E-state index contributed by atoms with van der Waals surface area (Å²) < 4.78 is 21.0. The Hall–Kier alpha value is -4.06. The topological polar surface area (TPSA) is 71.1 Å². The van der Waals surface area contributed by atoms with Gasteiger partial charge in [0, 0.05) is 5.56 Å². The molecule has 3 aromatic carbocycles. The Morgan fingerprint density at radius 3 is 2.23 bits per heavy atom. The van der Waals surface area contributed by atoms with E-state index in [9.17, 15) is 9.59 Å². The second-order valence-electron chi connectivity index (χ2n) is 6.45. The first-order valence-corrected chi connectivity index (χ1v) is 9.21. The maximum Gasteiger partial charge on any atom is 0.343 e. The molecule has 0 aliphatic carbocycles. The Bertz CT molecular complexity index is 1100. The van der Waals surface area contributed by atoms with E-state index in [2.05, 4.69) is 0 Å². The third-order valence-electron chi connectivity index (χ3n) is 4.50. The van der Waals surface area contributed by atoms with E-state index < -0.39 is 5.97 Å². The number of carbonyl (C=O) groups excluding carboxylic acids is 2. The van der Waals surface area contributed by atoms with Gasteiger partial charge in [0.2, 0.25) is 6.79 Å². The van der Waals surface area contributed by atoms with Crippen molar-refractivity contribution in [1.29, 1.82) is 0 Å². The molecule has 0 aromatic heterocycles. The summed E-state index contributed by atoms with van der Waals surface area (Å²) in [6.45, 7) is 0.205. The molecule has 0 N–H and O–H groups in total. The maximum absolute atomic E-state index is 12.4. The average Bonchev–Trinajstić information content (AvgIpc) is 3.26. The molecule has 1 aliphatic heterocycles. The van der Waals surface area contributed by atoms with Crippen LogP contribution in [-0.4, -0.2) is 25.7 Å². The minimum absolute atomic E-state index is 0.166. The van der Waals surface area contributed by atoms with Crippen molar-refractivity contribution in [1.82, 2.24) is 0 Å². The lowest BCUT2D eigenvalue weighted by molar-refractivity contribution is 0.0734. The minimum Gasteiger partial charge on any atom is -0.497 e. The zero-order chi connectivity index (χ0) is 20.9. The molecule has 0 fully saturated rings. The molecule has 1 heterocycles. The Kier molecular flexibility index (Phi) is 5.48. The van der Waals surface area contributed by atoms with Crippen molar-refractivity contribution in [3.63, 3.8) is 0 Å². The first-order valence-electron chi connectivity index (χ1n) is 9.21. The van der Waals surface area contributed by atoms with Gasteiger partial charge >= 0.3 is 5.97 Å². The molecular formula is C24H18O6. The fourth-order valence-electron chi connectivity index (χ4n) is 2.87. The number of ether oxygens (including phenoxy) is 4. The highest BCUT2D eigenvalue weighted by atomic mass is 16.7. The zero-order valence-electron chi connectivity index (χ0n) is 16.2. The largest absolute Gasteiger partial charge is 0.497 e. The van der Waals surface area contributed by atoms with Crippen molar-refractivity contribution >= 4 is 17.8 Å². The van der Waals surface area contributed by atoms with Gasteiger partial charge in [-0.3, -0.25) is 4.79 Å². The van der Waals surface area contributed by atoms with Crippen LogP contribution in [0.2, 0.25) is 0 Å². The van der Waals surface area contributed by atoms with Gasteiger partial charge in [-0.15, -0.1) is 0 Å². The Morgan fingerprint density at radius 1 is 0.833 bits per heavy atom. The van der Waals surface area contributed by atoms with Crippen molar-refractivity contribution in [2.24, 2.45) is 0 Å². The summed E-state index contributed by atoms with van der Waals surface area (Å²) in [6, 6.07) is 18.5. The number of hydrogen-bond acceptors (Lipinski definition) is 6. The van der Waals surface area contributed by atoms with Crippen LogP contribution >= 0.6 is 0 Å². The van der Waals surface area contributed by atoms with E-state index >= 15 is 0 Å². The summed E-state index contributed by atoms with van der Waals surface area (Å²) >= 11 is 0. The van der Waals surface area contributed by atoms with Crippen LogP contribution in [0.25, 0.3) is 6.08 Å². The number of ketones is 1. The summed E-state index contributed by atoms with van der Waals surface area (Å²) in [4.78, 5) is 24.6. The number of fused-ring (bicyclic) bond motifs is 1. The monoisotopic (exact) mass is 402 g/mol. The molecule has 3 aromatic rings. The Balaban J connectivity index is 1.38. The lowest BCUT2D eigenvalue weighted by atomic mass is 10.1. The van der Waals surface area contributed by atoms with E-state index in [1.807, 2.05) is 12.1 Å². The van der Waals surface area contributed by atoms with Crippen LogP contribution in [0.3, 0.4) is 0 Å². The number of rotatable bonds is 6. The highest BCUT2D eigenvalue weighted by Gasteiger charge is 2.13. The van der Waals surface area contributed by atoms with Gasteiger partial charge in [0.25, 0.3) is 0 Å². The second-order valence-corrected chi connectivity index (χ2v) is 6.45. The van der Waals surface area contributed by atoms with Crippen LogP contribution in [-0.2, 0) is 0 Å². The average molecular weight is 402 g/mol. The van der Waals surface area contributed by atoms with Crippen molar-refractivity contribution in [3.05, 3.63) is 89.5 Å². The molecule has 4 rings (SSSR count). The first kappa shape index (κ1) is 19.3. The number of carbonyl (C=O) groups is 2. The Morgan fingerprint density at radius 2 is 1.50 bits per heavy atom. The molecule has 150 valence electrons. The van der Waals surface area contributed by atoms with Gasteiger partial charge in [-0.1, -0.05) is 12.1 Å². The molecule has 0 atom stereocenters. The van der Waals surface area contributed by atoms with Gasteiger partial charge < -0.3 is 18.9 Å². The molecule has 0 radical (unpaired) electrons.